The van der Waals surface area contributed by atoms with Gasteiger partial charge in [-0.05, 0) is 73.9 Å². The second-order valence-electron chi connectivity index (χ2n) is 9.25. The summed E-state index contributed by atoms with van der Waals surface area (Å²) in [5.41, 5.74) is 5.79. The topological polar surface area (TPSA) is 46.5 Å². The lowest BCUT2D eigenvalue weighted by Gasteiger charge is -2.33. The van der Waals surface area contributed by atoms with Crippen molar-refractivity contribution >= 4 is 23.1 Å². The van der Waals surface area contributed by atoms with E-state index in [2.05, 4.69) is 42.1 Å². The number of aromatic nitrogens is 1. The number of urea groups is 1. The highest BCUT2D eigenvalue weighted by molar-refractivity contribution is 7.15. The monoisotopic (exact) mass is 449 g/mol. The Labute approximate surface area is 194 Å². The molecule has 0 saturated carbocycles. The number of amides is 2. The van der Waals surface area contributed by atoms with Gasteiger partial charge in [0.25, 0.3) is 0 Å². The van der Waals surface area contributed by atoms with Gasteiger partial charge in [-0.15, -0.1) is 11.3 Å². The molecule has 5 nitrogen and oxygen atoms in total. The molecule has 6 heteroatoms. The molecule has 32 heavy (non-hydrogen) atoms. The fourth-order valence-electron chi connectivity index (χ4n) is 5.23. The maximum absolute atomic E-state index is 13.8. The molecule has 3 heterocycles. The molecule has 2 aliphatic rings. The van der Waals surface area contributed by atoms with E-state index in [9.17, 15) is 4.79 Å². The standard InChI is InChI=1S/C26H31N3O2S/c1-16(2)24-21-9-7-13-28(21)25-19(18-8-5-6-10-23(18)32-25)15-29(24)26(30)27-20-14-17(3)11-12-22(20)31-4/h7,9,11-14,16,24H,5-6,8,10,15H2,1-4H3,(H,27,30)/t24-/m0/s1. The number of hydrogen-bond acceptors (Lipinski definition) is 3. The minimum absolute atomic E-state index is 0.0142. The van der Waals surface area contributed by atoms with Crippen molar-refractivity contribution in [2.75, 3.05) is 12.4 Å². The van der Waals surface area contributed by atoms with E-state index in [-0.39, 0.29) is 18.0 Å². The molecule has 3 aromatic rings. The van der Waals surface area contributed by atoms with Crippen LogP contribution in [0.3, 0.4) is 0 Å². The third-order valence-electron chi connectivity index (χ3n) is 6.71. The van der Waals surface area contributed by atoms with Crippen molar-refractivity contribution in [3.8, 4) is 10.8 Å². The van der Waals surface area contributed by atoms with E-state index in [1.54, 1.807) is 7.11 Å². The van der Waals surface area contributed by atoms with Crippen LogP contribution in [0.25, 0.3) is 5.00 Å². The van der Waals surface area contributed by atoms with Crippen LogP contribution in [-0.4, -0.2) is 22.6 Å². The Bertz CT molecular complexity index is 1160. The first-order valence-electron chi connectivity index (χ1n) is 11.5. The van der Waals surface area contributed by atoms with E-state index >= 15 is 0 Å². The Balaban J connectivity index is 1.59. The van der Waals surface area contributed by atoms with Crippen molar-refractivity contribution in [3.05, 3.63) is 63.8 Å². The highest BCUT2D eigenvalue weighted by Crippen LogP contribution is 2.44. The Morgan fingerprint density at radius 2 is 2.00 bits per heavy atom. The number of benzene rings is 1. The number of carbonyl (C=O) groups is 1. The average molecular weight is 450 g/mol. The number of fused-ring (bicyclic) bond motifs is 5. The van der Waals surface area contributed by atoms with E-state index in [1.807, 2.05) is 41.4 Å². The molecule has 2 amide bonds. The molecule has 0 radical (unpaired) electrons. The molecular formula is C26H31N3O2S. The van der Waals surface area contributed by atoms with Gasteiger partial charge < -0.3 is 19.5 Å². The minimum Gasteiger partial charge on any atom is -0.495 e. The summed E-state index contributed by atoms with van der Waals surface area (Å²) in [6.07, 6.45) is 6.93. The van der Waals surface area contributed by atoms with Crippen molar-refractivity contribution in [2.45, 2.75) is 59.0 Å². The maximum atomic E-state index is 13.8. The van der Waals surface area contributed by atoms with Gasteiger partial charge in [-0.2, -0.15) is 0 Å². The molecule has 5 rings (SSSR count). The predicted octanol–water partition coefficient (Wildman–Crippen LogP) is 6.48. The van der Waals surface area contributed by atoms with Crippen LogP contribution >= 0.6 is 11.3 Å². The molecule has 168 valence electrons. The van der Waals surface area contributed by atoms with Crippen molar-refractivity contribution in [2.24, 2.45) is 5.92 Å². The summed E-state index contributed by atoms with van der Waals surface area (Å²) in [6, 6.07) is 10.1. The second kappa shape index (κ2) is 8.32. The first-order chi connectivity index (χ1) is 15.5. The second-order valence-corrected chi connectivity index (χ2v) is 10.3. The van der Waals surface area contributed by atoms with Gasteiger partial charge in [0, 0.05) is 22.3 Å². The fourth-order valence-corrected chi connectivity index (χ4v) is 6.63. The zero-order valence-corrected chi connectivity index (χ0v) is 20.1. The number of thiophene rings is 1. The summed E-state index contributed by atoms with van der Waals surface area (Å²) >= 11 is 1.92. The predicted molar refractivity (Wildman–Crippen MR) is 130 cm³/mol. The van der Waals surface area contributed by atoms with Gasteiger partial charge in [0.15, 0.2) is 0 Å². The molecule has 1 aliphatic carbocycles. The summed E-state index contributed by atoms with van der Waals surface area (Å²) in [6.45, 7) is 7.05. The van der Waals surface area contributed by atoms with Crippen molar-refractivity contribution in [1.29, 1.82) is 0 Å². The number of nitrogens with zero attached hydrogens (tertiary/aromatic N) is 2. The van der Waals surface area contributed by atoms with E-state index in [4.69, 9.17) is 4.74 Å². The third kappa shape index (κ3) is 3.51. The molecule has 2 aromatic heterocycles. The van der Waals surface area contributed by atoms with Crippen molar-refractivity contribution in [3.63, 3.8) is 0 Å². The van der Waals surface area contributed by atoms with Gasteiger partial charge in [0.05, 0.1) is 25.4 Å². The molecule has 1 aliphatic heterocycles. The highest BCUT2D eigenvalue weighted by Gasteiger charge is 2.36. The zero-order chi connectivity index (χ0) is 22.4. The van der Waals surface area contributed by atoms with E-state index < -0.39 is 0 Å². The number of hydrogen-bond donors (Lipinski definition) is 1. The van der Waals surface area contributed by atoms with Crippen LogP contribution in [0, 0.1) is 12.8 Å². The lowest BCUT2D eigenvalue weighted by molar-refractivity contribution is 0.161. The lowest BCUT2D eigenvalue weighted by Crippen LogP contribution is -2.39. The van der Waals surface area contributed by atoms with Crippen LogP contribution in [0.1, 0.15) is 60.0 Å². The zero-order valence-electron chi connectivity index (χ0n) is 19.3. The number of anilines is 1. The van der Waals surface area contributed by atoms with Crippen LogP contribution in [0.5, 0.6) is 5.75 Å². The summed E-state index contributed by atoms with van der Waals surface area (Å²) in [4.78, 5) is 17.3. The summed E-state index contributed by atoms with van der Waals surface area (Å²) < 4.78 is 7.85. The Hall–Kier alpha value is -2.73. The average Bonchev–Trinajstić information content (AvgIpc) is 3.35. The molecule has 1 N–H and O–H groups in total. The van der Waals surface area contributed by atoms with Gasteiger partial charge in [0.1, 0.15) is 10.8 Å². The molecular weight excluding hydrogens is 418 g/mol. The smallest absolute Gasteiger partial charge is 0.322 e. The highest BCUT2D eigenvalue weighted by atomic mass is 32.1. The number of aryl methyl sites for hydroxylation is 2. The Morgan fingerprint density at radius 1 is 1.19 bits per heavy atom. The first kappa shape index (κ1) is 21.1. The maximum Gasteiger partial charge on any atom is 0.322 e. The molecule has 1 aromatic carbocycles. The molecule has 0 saturated heterocycles. The fraction of sp³-hybridized carbons (Fsp3) is 0.423. The van der Waals surface area contributed by atoms with Gasteiger partial charge in [-0.25, -0.2) is 4.79 Å². The molecule has 0 bridgehead atoms. The number of rotatable bonds is 3. The Kier molecular flexibility index (Phi) is 5.49. The minimum atomic E-state index is -0.0797. The van der Waals surface area contributed by atoms with Crippen molar-refractivity contribution in [1.82, 2.24) is 9.47 Å². The normalized spacial score (nSPS) is 17.4. The van der Waals surface area contributed by atoms with E-state index in [0.717, 1.165) is 18.4 Å². The van der Waals surface area contributed by atoms with Gasteiger partial charge in [0.2, 0.25) is 0 Å². The number of methoxy groups -OCH3 is 1. The first-order valence-corrected chi connectivity index (χ1v) is 12.3. The van der Waals surface area contributed by atoms with Crippen LogP contribution < -0.4 is 10.1 Å². The van der Waals surface area contributed by atoms with Gasteiger partial charge >= 0.3 is 6.03 Å². The van der Waals surface area contributed by atoms with Crippen LogP contribution in [-0.2, 0) is 19.4 Å². The van der Waals surface area contributed by atoms with Crippen LogP contribution in [0.15, 0.2) is 36.5 Å². The van der Waals surface area contributed by atoms with Gasteiger partial charge in [-0.3, -0.25) is 0 Å². The lowest BCUT2D eigenvalue weighted by atomic mass is 9.94. The number of carbonyl (C=O) groups excluding carboxylic acids is 1. The summed E-state index contributed by atoms with van der Waals surface area (Å²) in [5.74, 6) is 0.954. The Morgan fingerprint density at radius 3 is 2.78 bits per heavy atom. The molecule has 1 atom stereocenters. The quantitative estimate of drug-likeness (QED) is 0.497. The third-order valence-corrected chi connectivity index (χ3v) is 8.05. The number of nitrogens with one attached hydrogen (secondary N) is 1. The molecule has 0 fully saturated rings. The van der Waals surface area contributed by atoms with E-state index in [1.165, 1.54) is 39.5 Å². The van der Waals surface area contributed by atoms with E-state index in [0.29, 0.717) is 18.0 Å². The SMILES string of the molecule is COc1ccc(C)cc1NC(=O)N1Cc2c(sc3c2CCCC3)-n2cccc2[C@@H]1C(C)C. The summed E-state index contributed by atoms with van der Waals surface area (Å²) in [7, 11) is 1.64. The van der Waals surface area contributed by atoms with Gasteiger partial charge in [-0.1, -0.05) is 19.9 Å². The number of ether oxygens (including phenoxy) is 1. The van der Waals surface area contributed by atoms with Crippen LogP contribution in [0.4, 0.5) is 10.5 Å². The summed E-state index contributed by atoms with van der Waals surface area (Å²) in [5, 5.41) is 4.46. The van der Waals surface area contributed by atoms with Crippen LogP contribution in [0.2, 0.25) is 0 Å². The van der Waals surface area contributed by atoms with Crippen molar-refractivity contribution < 1.29 is 9.53 Å². The molecule has 0 spiro atoms. The molecule has 0 unspecified atom stereocenters. The largest absolute Gasteiger partial charge is 0.495 e.